The Labute approximate surface area is 256 Å². The van der Waals surface area contributed by atoms with Gasteiger partial charge in [0.05, 0.1) is 11.5 Å². The van der Waals surface area contributed by atoms with Crippen LogP contribution in [0.25, 0.3) is 0 Å². The number of hydrogen-bond acceptors (Lipinski definition) is 2. The van der Waals surface area contributed by atoms with E-state index in [1.54, 1.807) is 0 Å². The van der Waals surface area contributed by atoms with Crippen molar-refractivity contribution in [2.24, 2.45) is 10.8 Å². The summed E-state index contributed by atoms with van der Waals surface area (Å²) in [5.41, 5.74) is 9.33. The second-order valence-corrected chi connectivity index (χ2v) is 13.2. The number of hydrogen-bond donors (Lipinski definition) is 2. The molecule has 2 N–H and O–H groups in total. The van der Waals surface area contributed by atoms with Crippen LogP contribution in [0.1, 0.15) is 94.9 Å². The quantitative estimate of drug-likeness (QED) is 0.272. The highest BCUT2D eigenvalue weighted by atomic mass is 16.3. The first-order valence-corrected chi connectivity index (χ1v) is 15.2. The second-order valence-electron chi connectivity index (χ2n) is 13.2. The summed E-state index contributed by atoms with van der Waals surface area (Å²) >= 11 is 0. The van der Waals surface area contributed by atoms with Crippen molar-refractivity contribution in [1.82, 2.24) is 0 Å². The van der Waals surface area contributed by atoms with Gasteiger partial charge in [-0.3, -0.25) is 0 Å². The third-order valence-electron chi connectivity index (χ3n) is 8.40. The van der Waals surface area contributed by atoms with Crippen molar-refractivity contribution in [3.8, 4) is 0 Å². The molecule has 226 valence electrons. The fourth-order valence-corrected chi connectivity index (χ4v) is 5.30. The minimum absolute atomic E-state index is 0.0822. The normalized spacial score (nSPS) is 23.3. The molecule has 0 bridgehead atoms. The van der Waals surface area contributed by atoms with Gasteiger partial charge in [-0.15, -0.1) is 0 Å². The number of rotatable bonds is 9. The SMILES string of the molecule is CC1=C(O)CCC(C)(C)/C1=C/C=C(C)\C=C\C=C(C)\C=C\C=C\C(C)=C\C=C\C(C)=C\C=C1/C(C)=C(O)CCC1(C)C. The van der Waals surface area contributed by atoms with Gasteiger partial charge in [0.15, 0.2) is 0 Å². The van der Waals surface area contributed by atoms with Gasteiger partial charge in [0.25, 0.3) is 0 Å². The van der Waals surface area contributed by atoms with Gasteiger partial charge < -0.3 is 10.2 Å². The van der Waals surface area contributed by atoms with Crippen LogP contribution in [0, 0.1) is 10.8 Å². The molecule has 0 amide bonds. The first kappa shape index (κ1) is 34.7. The summed E-state index contributed by atoms with van der Waals surface area (Å²) in [6.07, 6.45) is 33.0. The summed E-state index contributed by atoms with van der Waals surface area (Å²) in [6.45, 7) is 21.4. The summed E-state index contributed by atoms with van der Waals surface area (Å²) < 4.78 is 0. The molecule has 2 rings (SSSR count). The highest BCUT2D eigenvalue weighted by Crippen LogP contribution is 2.43. The second kappa shape index (κ2) is 15.6. The fourth-order valence-electron chi connectivity index (χ4n) is 5.30. The predicted octanol–water partition coefficient (Wildman–Crippen LogP) is 12.2. The van der Waals surface area contributed by atoms with Crippen LogP contribution >= 0.6 is 0 Å². The monoisotopic (exact) mass is 566 g/mol. The van der Waals surface area contributed by atoms with E-state index in [4.69, 9.17) is 0 Å². The average molecular weight is 567 g/mol. The van der Waals surface area contributed by atoms with Crippen molar-refractivity contribution in [2.75, 3.05) is 0 Å². The zero-order valence-corrected chi connectivity index (χ0v) is 27.8. The van der Waals surface area contributed by atoms with Crippen LogP contribution in [-0.4, -0.2) is 10.2 Å². The van der Waals surface area contributed by atoms with Crippen molar-refractivity contribution in [3.05, 3.63) is 141 Å². The lowest BCUT2D eigenvalue weighted by atomic mass is 9.72. The molecular formula is C40H54O2. The van der Waals surface area contributed by atoms with E-state index in [0.717, 1.165) is 36.8 Å². The molecule has 0 fully saturated rings. The topological polar surface area (TPSA) is 40.5 Å². The maximum Gasteiger partial charge on any atom is 0.0954 e. The molecule has 0 saturated heterocycles. The van der Waals surface area contributed by atoms with Crippen LogP contribution in [0.15, 0.2) is 141 Å². The maximum absolute atomic E-state index is 10.2. The molecule has 0 aromatic rings. The predicted molar refractivity (Wildman–Crippen MR) is 184 cm³/mol. The molecule has 2 aliphatic carbocycles. The Morgan fingerprint density at radius 1 is 0.524 bits per heavy atom. The number of allylic oxidation sites excluding steroid dienone is 24. The summed E-state index contributed by atoms with van der Waals surface area (Å²) in [6, 6.07) is 0. The van der Waals surface area contributed by atoms with Crippen LogP contribution in [0.4, 0.5) is 0 Å². The molecule has 0 saturated carbocycles. The smallest absolute Gasteiger partial charge is 0.0954 e. The Kier molecular flexibility index (Phi) is 12.9. The summed E-state index contributed by atoms with van der Waals surface area (Å²) in [4.78, 5) is 0. The minimum atomic E-state index is 0.0822. The van der Waals surface area contributed by atoms with Gasteiger partial charge in [-0.1, -0.05) is 135 Å². The molecule has 0 unspecified atom stereocenters. The Bertz CT molecular complexity index is 1260. The molecule has 0 heterocycles. The van der Waals surface area contributed by atoms with Crippen molar-refractivity contribution >= 4 is 0 Å². The first-order chi connectivity index (χ1) is 19.6. The standard InChI is InChI=1S/C40H54O2/c1-29(17-13-19-31(3)21-23-35-33(5)37(41)25-27-39(35,7)8)15-11-12-16-30(2)18-14-20-32(4)22-24-36-34(6)38(42)26-28-40(36,9)10/h11-24,41-42H,25-28H2,1-10H3/b15-11+,16-12+,19-13+,20-14+,29-17+,30-18+,31-21-,32-22+,35-23+,36-24+. The molecule has 2 heteroatoms. The maximum atomic E-state index is 10.2. The zero-order chi connectivity index (χ0) is 31.5. The first-order valence-electron chi connectivity index (χ1n) is 15.2. The number of aliphatic hydroxyl groups is 2. The fraction of sp³-hybridized carbons (Fsp3) is 0.400. The van der Waals surface area contributed by atoms with E-state index in [1.807, 2.05) is 13.8 Å². The van der Waals surface area contributed by atoms with Gasteiger partial charge in [-0.25, -0.2) is 0 Å². The van der Waals surface area contributed by atoms with E-state index < -0.39 is 0 Å². The Morgan fingerprint density at radius 2 is 0.833 bits per heavy atom. The molecule has 0 aromatic heterocycles. The third kappa shape index (κ3) is 10.7. The van der Waals surface area contributed by atoms with Gasteiger partial charge in [0, 0.05) is 12.8 Å². The summed E-state index contributed by atoms with van der Waals surface area (Å²) in [7, 11) is 0. The average Bonchev–Trinajstić information content (AvgIpc) is 2.91. The molecule has 0 atom stereocenters. The van der Waals surface area contributed by atoms with E-state index in [2.05, 4.69) is 140 Å². The van der Waals surface area contributed by atoms with E-state index in [0.29, 0.717) is 11.5 Å². The van der Waals surface area contributed by atoms with Crippen LogP contribution < -0.4 is 0 Å². The summed E-state index contributed by atoms with van der Waals surface area (Å²) in [5.74, 6) is 1.05. The molecule has 0 spiro atoms. The van der Waals surface area contributed by atoms with E-state index in [1.165, 1.54) is 33.4 Å². The van der Waals surface area contributed by atoms with Crippen LogP contribution in [0.3, 0.4) is 0 Å². The lowest BCUT2D eigenvalue weighted by molar-refractivity contribution is 0.309. The third-order valence-corrected chi connectivity index (χ3v) is 8.40. The molecule has 0 radical (unpaired) electrons. The van der Waals surface area contributed by atoms with Crippen LogP contribution in [0.5, 0.6) is 0 Å². The van der Waals surface area contributed by atoms with E-state index in [9.17, 15) is 10.2 Å². The molecule has 0 aromatic carbocycles. The molecule has 2 nitrogen and oxygen atoms in total. The van der Waals surface area contributed by atoms with Crippen molar-refractivity contribution in [1.29, 1.82) is 0 Å². The van der Waals surface area contributed by atoms with E-state index in [-0.39, 0.29) is 10.8 Å². The van der Waals surface area contributed by atoms with Gasteiger partial charge in [0.2, 0.25) is 0 Å². The highest BCUT2D eigenvalue weighted by molar-refractivity contribution is 5.43. The Balaban J connectivity index is 1.94. The zero-order valence-electron chi connectivity index (χ0n) is 27.8. The lowest BCUT2D eigenvalue weighted by Crippen LogP contribution is -2.21. The van der Waals surface area contributed by atoms with E-state index >= 15 is 0 Å². The lowest BCUT2D eigenvalue weighted by Gasteiger charge is -2.33. The van der Waals surface area contributed by atoms with Gasteiger partial charge in [-0.05, 0) is 87.5 Å². The van der Waals surface area contributed by atoms with Crippen LogP contribution in [-0.2, 0) is 0 Å². The molecule has 2 aliphatic rings. The van der Waals surface area contributed by atoms with Crippen molar-refractivity contribution < 1.29 is 10.2 Å². The van der Waals surface area contributed by atoms with Crippen molar-refractivity contribution in [3.63, 3.8) is 0 Å². The molecule has 42 heavy (non-hydrogen) atoms. The van der Waals surface area contributed by atoms with Crippen molar-refractivity contribution in [2.45, 2.75) is 94.9 Å². The van der Waals surface area contributed by atoms with Gasteiger partial charge in [0.1, 0.15) is 0 Å². The largest absolute Gasteiger partial charge is 0.512 e. The Morgan fingerprint density at radius 3 is 1.19 bits per heavy atom. The summed E-state index contributed by atoms with van der Waals surface area (Å²) in [5, 5.41) is 20.4. The van der Waals surface area contributed by atoms with Gasteiger partial charge in [-0.2, -0.15) is 0 Å². The molecule has 0 aliphatic heterocycles. The van der Waals surface area contributed by atoms with Gasteiger partial charge >= 0.3 is 0 Å². The molecular weight excluding hydrogens is 512 g/mol. The highest BCUT2D eigenvalue weighted by Gasteiger charge is 2.30. The Hall–Kier alpha value is -3.52. The van der Waals surface area contributed by atoms with Crippen LogP contribution in [0.2, 0.25) is 0 Å². The minimum Gasteiger partial charge on any atom is -0.512 e. The number of aliphatic hydroxyl groups excluding tert-OH is 2.